The Labute approximate surface area is 163 Å². The van der Waals surface area contributed by atoms with Crippen molar-refractivity contribution in [3.05, 3.63) is 41.0 Å². The highest BCUT2D eigenvalue weighted by molar-refractivity contribution is 5.77. The van der Waals surface area contributed by atoms with Crippen LogP contribution in [0.1, 0.15) is 41.7 Å². The Kier molecular flexibility index (Phi) is 4.93. The van der Waals surface area contributed by atoms with Crippen molar-refractivity contribution in [1.82, 2.24) is 25.3 Å². The van der Waals surface area contributed by atoms with Gasteiger partial charge in [0.2, 0.25) is 0 Å². The Morgan fingerprint density at radius 1 is 1.43 bits per heavy atom. The van der Waals surface area contributed by atoms with Crippen LogP contribution in [0.5, 0.6) is 5.75 Å². The van der Waals surface area contributed by atoms with Gasteiger partial charge in [0.15, 0.2) is 0 Å². The summed E-state index contributed by atoms with van der Waals surface area (Å²) in [6, 6.07) is 5.70. The van der Waals surface area contributed by atoms with Crippen molar-refractivity contribution in [1.29, 1.82) is 0 Å². The number of methoxy groups -OCH3 is 1. The third-order valence-electron chi connectivity index (χ3n) is 5.31. The number of rotatable bonds is 5. The molecule has 0 radical (unpaired) electrons. The third kappa shape index (κ3) is 3.42. The first-order chi connectivity index (χ1) is 13.6. The van der Waals surface area contributed by atoms with Gasteiger partial charge in [0.1, 0.15) is 17.3 Å². The van der Waals surface area contributed by atoms with Gasteiger partial charge < -0.3 is 24.5 Å². The number of hydrogen-bond donors (Lipinski definition) is 2. The van der Waals surface area contributed by atoms with Crippen molar-refractivity contribution in [3.63, 3.8) is 0 Å². The van der Waals surface area contributed by atoms with Crippen LogP contribution in [0.3, 0.4) is 0 Å². The van der Waals surface area contributed by atoms with Crippen LogP contribution in [-0.4, -0.2) is 46.3 Å². The molecule has 148 valence electrons. The van der Waals surface area contributed by atoms with E-state index in [4.69, 9.17) is 9.26 Å². The molecule has 8 nitrogen and oxygen atoms in total. The van der Waals surface area contributed by atoms with Crippen molar-refractivity contribution < 1.29 is 14.1 Å². The number of aromatic amines is 1. The van der Waals surface area contributed by atoms with E-state index < -0.39 is 0 Å². The van der Waals surface area contributed by atoms with Gasteiger partial charge in [-0.15, -0.1) is 0 Å². The number of urea groups is 1. The normalized spacial score (nSPS) is 16.7. The fraction of sp³-hybridized carbons (Fsp3) is 0.450. The molecule has 4 rings (SSSR count). The van der Waals surface area contributed by atoms with E-state index in [-0.39, 0.29) is 12.1 Å². The van der Waals surface area contributed by atoms with Gasteiger partial charge in [-0.3, -0.25) is 0 Å². The van der Waals surface area contributed by atoms with Gasteiger partial charge in [0, 0.05) is 31.1 Å². The summed E-state index contributed by atoms with van der Waals surface area (Å²) in [5.41, 5.74) is 3.72. The summed E-state index contributed by atoms with van der Waals surface area (Å²) < 4.78 is 10.5. The van der Waals surface area contributed by atoms with Crippen LogP contribution in [0.2, 0.25) is 0 Å². The Morgan fingerprint density at radius 3 is 3.04 bits per heavy atom. The Morgan fingerprint density at radius 2 is 2.29 bits per heavy atom. The van der Waals surface area contributed by atoms with E-state index in [9.17, 15) is 4.79 Å². The number of benzene rings is 1. The maximum atomic E-state index is 12.7. The molecule has 1 aromatic carbocycles. The number of aromatic nitrogens is 3. The third-order valence-corrected chi connectivity index (χ3v) is 5.31. The summed E-state index contributed by atoms with van der Waals surface area (Å²) in [5, 5.41) is 7.06. The lowest BCUT2D eigenvalue weighted by molar-refractivity contribution is 0.192. The smallest absolute Gasteiger partial charge is 0.317 e. The van der Waals surface area contributed by atoms with Crippen LogP contribution >= 0.6 is 0 Å². The van der Waals surface area contributed by atoms with Crippen LogP contribution in [0.15, 0.2) is 22.7 Å². The molecule has 28 heavy (non-hydrogen) atoms. The number of ether oxygens (including phenoxy) is 1. The first-order valence-corrected chi connectivity index (χ1v) is 9.56. The van der Waals surface area contributed by atoms with E-state index in [0.717, 1.165) is 59.0 Å². The van der Waals surface area contributed by atoms with Crippen LogP contribution in [-0.2, 0) is 6.42 Å². The highest BCUT2D eigenvalue weighted by atomic mass is 16.5. The van der Waals surface area contributed by atoms with Gasteiger partial charge in [-0.05, 0) is 38.8 Å². The van der Waals surface area contributed by atoms with E-state index in [1.54, 1.807) is 7.11 Å². The lowest BCUT2D eigenvalue weighted by Gasteiger charge is -2.25. The molecule has 2 aromatic heterocycles. The van der Waals surface area contributed by atoms with E-state index >= 15 is 0 Å². The predicted octanol–water partition coefficient (Wildman–Crippen LogP) is 3.27. The van der Waals surface area contributed by atoms with Crippen LogP contribution in [0.25, 0.3) is 11.0 Å². The number of likely N-dealkylation sites (tertiary alicyclic amines) is 1. The van der Waals surface area contributed by atoms with Gasteiger partial charge in [-0.25, -0.2) is 9.78 Å². The van der Waals surface area contributed by atoms with Crippen molar-refractivity contribution in [2.45, 2.75) is 39.2 Å². The number of amides is 2. The maximum Gasteiger partial charge on any atom is 0.317 e. The number of carbonyl (C=O) groups excluding carboxylic acids is 1. The molecule has 2 amide bonds. The van der Waals surface area contributed by atoms with Gasteiger partial charge in [-0.2, -0.15) is 0 Å². The standard InChI is InChI=1S/C20H25N5O3/c1-12-19(13(2)28-24-12)17-5-4-10-25(17)20(26)21-9-8-18-22-15-7-6-14(27-3)11-16(15)23-18/h6-7,11,17H,4-5,8-10H2,1-3H3,(H,21,26)(H,22,23)/t17-/m0/s1. The van der Waals surface area contributed by atoms with Gasteiger partial charge >= 0.3 is 6.03 Å². The summed E-state index contributed by atoms with van der Waals surface area (Å²) in [6.45, 7) is 5.09. The molecule has 3 heterocycles. The monoisotopic (exact) mass is 383 g/mol. The molecule has 1 fully saturated rings. The molecule has 1 aliphatic heterocycles. The molecule has 8 heteroatoms. The molecule has 2 N–H and O–H groups in total. The van der Waals surface area contributed by atoms with Crippen molar-refractivity contribution in [3.8, 4) is 5.75 Å². The maximum absolute atomic E-state index is 12.7. The van der Waals surface area contributed by atoms with Gasteiger partial charge in [-0.1, -0.05) is 5.16 Å². The molecule has 1 aliphatic rings. The summed E-state index contributed by atoms with van der Waals surface area (Å²) in [6.07, 6.45) is 2.54. The summed E-state index contributed by atoms with van der Waals surface area (Å²) in [5.74, 6) is 2.42. The topological polar surface area (TPSA) is 96.3 Å². The molecule has 3 aromatic rings. The summed E-state index contributed by atoms with van der Waals surface area (Å²) in [7, 11) is 1.64. The van der Waals surface area contributed by atoms with Gasteiger partial charge in [0.25, 0.3) is 0 Å². The van der Waals surface area contributed by atoms with Crippen molar-refractivity contribution in [2.75, 3.05) is 20.2 Å². The Hall–Kier alpha value is -3.03. The molecule has 0 aliphatic carbocycles. The lowest BCUT2D eigenvalue weighted by Crippen LogP contribution is -2.40. The zero-order valence-corrected chi connectivity index (χ0v) is 16.4. The number of fused-ring (bicyclic) bond motifs is 1. The van der Waals surface area contributed by atoms with Crippen LogP contribution in [0, 0.1) is 13.8 Å². The predicted molar refractivity (Wildman–Crippen MR) is 104 cm³/mol. The second-order valence-electron chi connectivity index (χ2n) is 7.14. The average Bonchev–Trinajstić information content (AvgIpc) is 3.39. The largest absolute Gasteiger partial charge is 0.497 e. The molecular formula is C20H25N5O3. The highest BCUT2D eigenvalue weighted by Gasteiger charge is 2.33. The minimum Gasteiger partial charge on any atom is -0.497 e. The zero-order chi connectivity index (χ0) is 19.7. The van der Waals surface area contributed by atoms with E-state index in [0.29, 0.717) is 13.0 Å². The molecule has 1 atom stereocenters. The molecule has 0 unspecified atom stereocenters. The SMILES string of the molecule is COc1ccc2nc(CCNC(=O)N3CCC[C@H]3c3c(C)noc3C)[nH]c2c1. The first kappa shape index (κ1) is 18.3. The van der Waals surface area contributed by atoms with Gasteiger partial charge in [0.05, 0.1) is 29.9 Å². The molecule has 0 spiro atoms. The number of H-pyrrole nitrogens is 1. The molecule has 1 saturated heterocycles. The number of carbonyl (C=O) groups is 1. The quantitative estimate of drug-likeness (QED) is 0.705. The number of imidazole rings is 1. The minimum absolute atomic E-state index is 0.0323. The second-order valence-corrected chi connectivity index (χ2v) is 7.14. The lowest BCUT2D eigenvalue weighted by atomic mass is 10.0. The van der Waals surface area contributed by atoms with Crippen LogP contribution in [0.4, 0.5) is 4.79 Å². The number of nitrogens with zero attached hydrogens (tertiary/aromatic N) is 3. The summed E-state index contributed by atoms with van der Waals surface area (Å²) in [4.78, 5) is 22.5. The average molecular weight is 383 g/mol. The van der Waals surface area contributed by atoms with E-state index in [2.05, 4.69) is 20.4 Å². The molecule has 0 saturated carbocycles. The zero-order valence-electron chi connectivity index (χ0n) is 16.4. The number of aryl methyl sites for hydroxylation is 2. The molecule has 0 bridgehead atoms. The minimum atomic E-state index is -0.0553. The van der Waals surface area contributed by atoms with E-state index in [1.807, 2.05) is 36.9 Å². The fourth-order valence-corrected chi connectivity index (χ4v) is 3.95. The highest BCUT2D eigenvalue weighted by Crippen LogP contribution is 2.35. The summed E-state index contributed by atoms with van der Waals surface area (Å²) >= 11 is 0. The van der Waals surface area contributed by atoms with Crippen molar-refractivity contribution >= 4 is 17.1 Å². The second kappa shape index (κ2) is 7.53. The number of hydrogen-bond acceptors (Lipinski definition) is 5. The first-order valence-electron chi connectivity index (χ1n) is 9.56. The fourth-order valence-electron chi connectivity index (χ4n) is 3.95. The molecular weight excluding hydrogens is 358 g/mol. The Bertz CT molecular complexity index is 974. The Balaban J connectivity index is 1.37. The van der Waals surface area contributed by atoms with Crippen LogP contribution < -0.4 is 10.1 Å². The van der Waals surface area contributed by atoms with E-state index in [1.165, 1.54) is 0 Å². The van der Waals surface area contributed by atoms with Crippen molar-refractivity contribution in [2.24, 2.45) is 0 Å². The number of nitrogens with one attached hydrogen (secondary N) is 2.